The van der Waals surface area contributed by atoms with E-state index in [1.165, 1.54) is 0 Å². The first kappa shape index (κ1) is 25.1. The van der Waals surface area contributed by atoms with Crippen LogP contribution in [-0.2, 0) is 9.47 Å². The van der Waals surface area contributed by atoms with Gasteiger partial charge in [0.1, 0.15) is 0 Å². The fraction of sp³-hybridized carbons (Fsp3) is 0.652. The molecule has 0 bridgehead atoms. The van der Waals surface area contributed by atoms with Crippen molar-refractivity contribution in [2.75, 3.05) is 86.4 Å². The van der Waals surface area contributed by atoms with Crippen molar-refractivity contribution in [1.82, 2.24) is 20.0 Å². The SMILES string of the molecule is CCNC(=O)N1CCO[C@H](CN(CCN2CCOCC2)C(=O)c2ccc(OC)c(OC)c2)C1. The van der Waals surface area contributed by atoms with Crippen LogP contribution in [0.2, 0.25) is 0 Å². The number of benzene rings is 1. The molecule has 0 spiro atoms. The number of urea groups is 1. The number of rotatable bonds is 9. The Kier molecular flexibility index (Phi) is 9.59. The number of nitrogens with one attached hydrogen (secondary N) is 1. The van der Waals surface area contributed by atoms with Crippen molar-refractivity contribution in [3.63, 3.8) is 0 Å². The van der Waals surface area contributed by atoms with E-state index in [0.29, 0.717) is 69.6 Å². The summed E-state index contributed by atoms with van der Waals surface area (Å²) in [5.41, 5.74) is 0.519. The molecular formula is C23H36N4O6. The Bertz CT molecular complexity index is 786. The summed E-state index contributed by atoms with van der Waals surface area (Å²) in [5.74, 6) is 0.970. The predicted molar refractivity (Wildman–Crippen MR) is 123 cm³/mol. The molecule has 1 atom stereocenters. The normalized spacial score (nSPS) is 19.1. The summed E-state index contributed by atoms with van der Waals surface area (Å²) in [7, 11) is 3.11. The molecule has 2 saturated heterocycles. The number of hydrogen-bond acceptors (Lipinski definition) is 7. The number of methoxy groups -OCH3 is 2. The van der Waals surface area contributed by atoms with Crippen LogP contribution in [0.1, 0.15) is 17.3 Å². The molecule has 2 heterocycles. The Labute approximate surface area is 195 Å². The first-order chi connectivity index (χ1) is 16.0. The zero-order valence-electron chi connectivity index (χ0n) is 19.9. The fourth-order valence-electron chi connectivity index (χ4n) is 4.04. The van der Waals surface area contributed by atoms with Crippen LogP contribution >= 0.6 is 0 Å². The van der Waals surface area contributed by atoms with E-state index in [0.717, 1.165) is 19.6 Å². The molecule has 2 aliphatic heterocycles. The zero-order chi connectivity index (χ0) is 23.6. The summed E-state index contributed by atoms with van der Waals surface area (Å²) in [6, 6.07) is 5.08. The van der Waals surface area contributed by atoms with E-state index < -0.39 is 0 Å². The molecule has 33 heavy (non-hydrogen) atoms. The summed E-state index contributed by atoms with van der Waals surface area (Å²) >= 11 is 0. The highest BCUT2D eigenvalue weighted by atomic mass is 16.5. The minimum absolute atomic E-state index is 0.100. The van der Waals surface area contributed by atoms with Gasteiger partial charge < -0.3 is 34.1 Å². The van der Waals surface area contributed by atoms with Gasteiger partial charge in [0, 0.05) is 51.4 Å². The molecule has 1 aromatic carbocycles. The predicted octanol–water partition coefficient (Wildman–Crippen LogP) is 0.909. The van der Waals surface area contributed by atoms with Gasteiger partial charge in [-0.15, -0.1) is 0 Å². The van der Waals surface area contributed by atoms with Gasteiger partial charge in [0.15, 0.2) is 11.5 Å². The summed E-state index contributed by atoms with van der Waals surface area (Å²) in [4.78, 5) is 31.6. The third-order valence-electron chi connectivity index (χ3n) is 5.89. The number of amides is 3. The summed E-state index contributed by atoms with van der Waals surface area (Å²) < 4.78 is 22.1. The zero-order valence-corrected chi connectivity index (χ0v) is 19.9. The molecule has 0 saturated carbocycles. The lowest BCUT2D eigenvalue weighted by atomic mass is 10.1. The van der Waals surface area contributed by atoms with Crippen molar-refractivity contribution >= 4 is 11.9 Å². The largest absolute Gasteiger partial charge is 0.493 e. The second-order valence-corrected chi connectivity index (χ2v) is 8.05. The van der Waals surface area contributed by atoms with E-state index in [4.69, 9.17) is 18.9 Å². The first-order valence-corrected chi connectivity index (χ1v) is 11.5. The Morgan fingerprint density at radius 1 is 1.12 bits per heavy atom. The Morgan fingerprint density at radius 3 is 2.58 bits per heavy atom. The van der Waals surface area contributed by atoms with Crippen molar-refractivity contribution < 1.29 is 28.5 Å². The van der Waals surface area contributed by atoms with Crippen LogP contribution in [0.3, 0.4) is 0 Å². The third kappa shape index (κ3) is 6.96. The van der Waals surface area contributed by atoms with Crippen molar-refractivity contribution in [2.24, 2.45) is 0 Å². The van der Waals surface area contributed by atoms with Crippen molar-refractivity contribution in [2.45, 2.75) is 13.0 Å². The second-order valence-electron chi connectivity index (χ2n) is 8.05. The maximum Gasteiger partial charge on any atom is 0.317 e. The number of ether oxygens (including phenoxy) is 4. The number of morpholine rings is 2. The number of hydrogen-bond donors (Lipinski definition) is 1. The van der Waals surface area contributed by atoms with E-state index in [1.54, 1.807) is 37.3 Å². The second kappa shape index (κ2) is 12.6. The Morgan fingerprint density at radius 2 is 1.88 bits per heavy atom. The van der Waals surface area contributed by atoms with Gasteiger partial charge in [-0.3, -0.25) is 9.69 Å². The summed E-state index contributed by atoms with van der Waals surface area (Å²) in [6.07, 6.45) is -0.255. The Balaban J connectivity index is 1.72. The third-order valence-corrected chi connectivity index (χ3v) is 5.89. The van der Waals surface area contributed by atoms with E-state index >= 15 is 0 Å². The quantitative estimate of drug-likeness (QED) is 0.581. The molecule has 184 valence electrons. The molecule has 0 radical (unpaired) electrons. The fourth-order valence-corrected chi connectivity index (χ4v) is 4.04. The van der Waals surface area contributed by atoms with Crippen molar-refractivity contribution in [3.8, 4) is 11.5 Å². The number of carbonyl (C=O) groups is 2. The molecule has 3 rings (SSSR count). The highest BCUT2D eigenvalue weighted by Gasteiger charge is 2.28. The van der Waals surface area contributed by atoms with Gasteiger partial charge in [-0.1, -0.05) is 0 Å². The average molecular weight is 465 g/mol. The monoisotopic (exact) mass is 464 g/mol. The molecule has 3 amide bonds. The van der Waals surface area contributed by atoms with Gasteiger partial charge >= 0.3 is 6.03 Å². The van der Waals surface area contributed by atoms with Crippen LogP contribution < -0.4 is 14.8 Å². The van der Waals surface area contributed by atoms with Crippen molar-refractivity contribution in [1.29, 1.82) is 0 Å². The highest BCUT2D eigenvalue weighted by Crippen LogP contribution is 2.28. The lowest BCUT2D eigenvalue weighted by molar-refractivity contribution is -0.0296. The molecular weight excluding hydrogens is 428 g/mol. The van der Waals surface area contributed by atoms with Crippen molar-refractivity contribution in [3.05, 3.63) is 23.8 Å². The smallest absolute Gasteiger partial charge is 0.317 e. The van der Waals surface area contributed by atoms with Crippen LogP contribution in [0, 0.1) is 0 Å². The maximum absolute atomic E-state index is 13.5. The molecule has 2 aliphatic rings. The molecule has 1 N–H and O–H groups in total. The minimum atomic E-state index is -0.255. The summed E-state index contributed by atoms with van der Waals surface area (Å²) in [6.45, 7) is 8.70. The van der Waals surface area contributed by atoms with Crippen LogP contribution in [0.15, 0.2) is 18.2 Å². The van der Waals surface area contributed by atoms with Gasteiger partial charge in [0.05, 0.1) is 46.7 Å². The number of carbonyl (C=O) groups excluding carboxylic acids is 2. The maximum atomic E-state index is 13.5. The minimum Gasteiger partial charge on any atom is -0.493 e. The van der Waals surface area contributed by atoms with Gasteiger partial charge in [0.2, 0.25) is 0 Å². The molecule has 10 heteroatoms. The highest BCUT2D eigenvalue weighted by molar-refractivity contribution is 5.95. The van der Waals surface area contributed by atoms with E-state index in [2.05, 4.69) is 10.2 Å². The van der Waals surface area contributed by atoms with Gasteiger partial charge in [-0.05, 0) is 25.1 Å². The average Bonchev–Trinajstić information content (AvgIpc) is 2.86. The lowest BCUT2D eigenvalue weighted by Crippen LogP contribution is -2.53. The van der Waals surface area contributed by atoms with Gasteiger partial charge in [-0.2, -0.15) is 0 Å². The van der Waals surface area contributed by atoms with Crippen LogP contribution in [0.5, 0.6) is 11.5 Å². The van der Waals surface area contributed by atoms with Crippen LogP contribution in [0.25, 0.3) is 0 Å². The standard InChI is InChI=1S/C23H36N4O6/c1-4-24-23(29)27-11-14-33-19(17-27)16-26(8-7-25-9-12-32-13-10-25)22(28)18-5-6-20(30-2)21(15-18)31-3/h5-6,15,19H,4,7-14,16-17H2,1-3H3,(H,24,29)/t19-/m1/s1. The summed E-state index contributed by atoms with van der Waals surface area (Å²) in [5, 5.41) is 2.84. The molecule has 0 unspecified atom stereocenters. The van der Waals surface area contributed by atoms with Crippen LogP contribution in [-0.4, -0.2) is 119 Å². The molecule has 0 aliphatic carbocycles. The number of nitrogens with zero attached hydrogens (tertiary/aromatic N) is 3. The molecule has 1 aromatic rings. The van der Waals surface area contributed by atoms with Gasteiger partial charge in [-0.25, -0.2) is 4.79 Å². The topological polar surface area (TPSA) is 92.8 Å². The van der Waals surface area contributed by atoms with E-state index in [-0.39, 0.29) is 18.0 Å². The van der Waals surface area contributed by atoms with E-state index in [9.17, 15) is 9.59 Å². The molecule has 0 aromatic heterocycles. The molecule has 2 fully saturated rings. The Hall–Kier alpha value is -2.56. The van der Waals surface area contributed by atoms with Gasteiger partial charge in [0.25, 0.3) is 5.91 Å². The first-order valence-electron chi connectivity index (χ1n) is 11.5. The van der Waals surface area contributed by atoms with E-state index in [1.807, 2.05) is 11.8 Å². The lowest BCUT2D eigenvalue weighted by Gasteiger charge is -2.36. The van der Waals surface area contributed by atoms with Crippen LogP contribution in [0.4, 0.5) is 4.79 Å². The molecule has 10 nitrogen and oxygen atoms in total.